The van der Waals surface area contributed by atoms with E-state index >= 15 is 0 Å². The molecule has 3 aliphatic rings. The average molecular weight is 408 g/mol. The maximum absolute atomic E-state index is 14.1. The van der Waals surface area contributed by atoms with E-state index in [0.29, 0.717) is 25.5 Å². The van der Waals surface area contributed by atoms with Crippen molar-refractivity contribution >= 4 is 24.6 Å². The fraction of sp³-hybridized carbons (Fsp3) is 0.440. The number of rotatable bonds is 7. The van der Waals surface area contributed by atoms with Crippen molar-refractivity contribution in [1.29, 1.82) is 0 Å². The molecule has 0 radical (unpaired) electrons. The zero-order chi connectivity index (χ0) is 21.1. The minimum Gasteiger partial charge on any atom is -0.385 e. The molecule has 4 nitrogen and oxygen atoms in total. The molecule has 2 heterocycles. The minimum absolute atomic E-state index is 0.0889. The van der Waals surface area contributed by atoms with Crippen LogP contribution in [0.5, 0.6) is 0 Å². The standard InChI is InChI=1S/C25H30FN3O/c1-16-4-7-21(26)13-23(16)24-12-20(14-27-3)22(8-10-28-17(2)18-5-6-18)25(29-24)19-9-11-30-15-19/h8,12-14,18-19,28H,2-7,9-11,15H2,1H3/b20-14-,22-8+. The van der Waals surface area contributed by atoms with E-state index in [4.69, 9.17) is 9.72 Å². The first-order valence-corrected chi connectivity index (χ1v) is 10.8. The molecule has 1 unspecified atom stereocenters. The number of halogens is 1. The fourth-order valence-electron chi connectivity index (χ4n) is 4.17. The van der Waals surface area contributed by atoms with E-state index in [9.17, 15) is 4.39 Å². The highest BCUT2D eigenvalue weighted by Crippen LogP contribution is 2.34. The van der Waals surface area contributed by atoms with Gasteiger partial charge in [0, 0.05) is 53.4 Å². The second-order valence-corrected chi connectivity index (χ2v) is 8.44. The van der Waals surface area contributed by atoms with E-state index in [1.54, 1.807) is 12.3 Å². The largest absolute Gasteiger partial charge is 0.385 e. The molecule has 1 atom stereocenters. The smallest absolute Gasteiger partial charge is 0.101 e. The van der Waals surface area contributed by atoms with Gasteiger partial charge in [0.05, 0.1) is 18.0 Å². The second-order valence-electron chi connectivity index (χ2n) is 8.44. The Labute approximate surface area is 177 Å². The summed E-state index contributed by atoms with van der Waals surface area (Å²) in [5.74, 6) is 0.748. The third kappa shape index (κ3) is 4.62. The number of nitrogens with one attached hydrogen (secondary N) is 1. The highest BCUT2D eigenvalue weighted by atomic mass is 19.1. The Bertz CT molecular complexity index is 1030. The highest BCUT2D eigenvalue weighted by Gasteiger charge is 2.25. The molecule has 0 spiro atoms. The summed E-state index contributed by atoms with van der Waals surface area (Å²) in [7, 11) is 0. The number of allylic oxidation sites excluding steroid dienone is 5. The monoisotopic (exact) mass is 407 g/mol. The van der Waals surface area contributed by atoms with Crippen LogP contribution < -0.4 is 15.8 Å². The molecule has 1 aromatic heterocycles. The van der Waals surface area contributed by atoms with Crippen LogP contribution in [0.15, 0.2) is 40.8 Å². The van der Waals surface area contributed by atoms with E-state index in [-0.39, 0.29) is 11.7 Å². The van der Waals surface area contributed by atoms with Gasteiger partial charge in [0.1, 0.15) is 5.83 Å². The zero-order valence-electron chi connectivity index (χ0n) is 17.7. The van der Waals surface area contributed by atoms with Crippen LogP contribution in [-0.2, 0) is 4.74 Å². The number of aromatic nitrogens is 1. The van der Waals surface area contributed by atoms with Gasteiger partial charge in [-0.3, -0.25) is 9.98 Å². The first-order valence-electron chi connectivity index (χ1n) is 10.8. The van der Waals surface area contributed by atoms with Crippen LogP contribution in [0.1, 0.15) is 56.3 Å². The van der Waals surface area contributed by atoms with Gasteiger partial charge in [0.25, 0.3) is 0 Å². The summed E-state index contributed by atoms with van der Waals surface area (Å²) < 4.78 is 19.7. The molecule has 1 aliphatic heterocycles. The number of hydrogen-bond acceptors (Lipinski definition) is 4. The lowest BCUT2D eigenvalue weighted by Gasteiger charge is -2.17. The Morgan fingerprint density at radius 1 is 1.37 bits per heavy atom. The molecule has 0 bridgehead atoms. The van der Waals surface area contributed by atoms with Crippen LogP contribution in [0, 0.1) is 5.92 Å². The summed E-state index contributed by atoms with van der Waals surface area (Å²) >= 11 is 0. The molecule has 1 saturated carbocycles. The quantitative estimate of drug-likeness (QED) is 0.701. The van der Waals surface area contributed by atoms with Crippen molar-refractivity contribution < 1.29 is 9.13 Å². The van der Waals surface area contributed by atoms with E-state index in [1.165, 1.54) is 12.8 Å². The lowest BCUT2D eigenvalue weighted by Crippen LogP contribution is -2.34. The van der Waals surface area contributed by atoms with Gasteiger partial charge in [-0.05, 0) is 57.4 Å². The maximum Gasteiger partial charge on any atom is 0.101 e. The normalized spacial score (nSPS) is 23.0. The summed E-state index contributed by atoms with van der Waals surface area (Å²) in [6, 6.07) is 2.00. The van der Waals surface area contributed by atoms with Crippen molar-refractivity contribution in [2.45, 2.75) is 44.9 Å². The summed E-state index contributed by atoms with van der Waals surface area (Å²) in [6.45, 7) is 11.9. The molecule has 1 N–H and O–H groups in total. The topological polar surface area (TPSA) is 46.5 Å². The van der Waals surface area contributed by atoms with Crippen molar-refractivity contribution in [1.82, 2.24) is 10.3 Å². The summed E-state index contributed by atoms with van der Waals surface area (Å²) in [6.07, 6.45) is 10.1. The van der Waals surface area contributed by atoms with Gasteiger partial charge in [-0.25, -0.2) is 4.39 Å². The molecule has 2 fully saturated rings. The Morgan fingerprint density at radius 2 is 2.20 bits per heavy atom. The van der Waals surface area contributed by atoms with Crippen LogP contribution in [0.25, 0.3) is 17.8 Å². The summed E-state index contributed by atoms with van der Waals surface area (Å²) in [5.41, 5.74) is 4.95. The number of hydrogen-bond donors (Lipinski definition) is 1. The van der Waals surface area contributed by atoms with Crippen LogP contribution in [0.4, 0.5) is 4.39 Å². The number of nitrogens with zero attached hydrogens (tertiary/aromatic N) is 2. The van der Waals surface area contributed by atoms with Crippen molar-refractivity contribution in [2.75, 3.05) is 19.8 Å². The Hall–Kier alpha value is -2.53. The van der Waals surface area contributed by atoms with E-state index in [1.807, 2.05) is 6.07 Å². The fourth-order valence-corrected chi connectivity index (χ4v) is 4.17. The van der Waals surface area contributed by atoms with Gasteiger partial charge in [-0.2, -0.15) is 0 Å². The molecule has 2 aliphatic carbocycles. The molecule has 5 heteroatoms. The predicted molar refractivity (Wildman–Crippen MR) is 121 cm³/mol. The van der Waals surface area contributed by atoms with Gasteiger partial charge in [0.2, 0.25) is 0 Å². The second kappa shape index (κ2) is 9.09. The predicted octanol–water partition coefficient (Wildman–Crippen LogP) is 3.74. The van der Waals surface area contributed by atoms with E-state index in [2.05, 4.69) is 36.6 Å². The molecule has 158 valence electrons. The van der Waals surface area contributed by atoms with Crippen molar-refractivity contribution in [2.24, 2.45) is 10.9 Å². The minimum atomic E-state index is -0.0889. The van der Waals surface area contributed by atoms with E-state index in [0.717, 1.165) is 58.1 Å². The molecule has 1 aromatic rings. The average Bonchev–Trinajstić information content (AvgIpc) is 3.45. The van der Waals surface area contributed by atoms with Crippen LogP contribution >= 0.6 is 0 Å². The van der Waals surface area contributed by atoms with Gasteiger partial charge < -0.3 is 10.1 Å². The Balaban J connectivity index is 1.80. The van der Waals surface area contributed by atoms with Gasteiger partial charge in [-0.1, -0.05) is 18.2 Å². The lowest BCUT2D eigenvalue weighted by atomic mass is 9.93. The molecule has 0 aromatic carbocycles. The van der Waals surface area contributed by atoms with Crippen LogP contribution in [0.2, 0.25) is 0 Å². The van der Waals surface area contributed by atoms with Gasteiger partial charge in [-0.15, -0.1) is 0 Å². The van der Waals surface area contributed by atoms with E-state index < -0.39 is 0 Å². The van der Waals surface area contributed by atoms with Gasteiger partial charge >= 0.3 is 0 Å². The zero-order valence-corrected chi connectivity index (χ0v) is 17.7. The van der Waals surface area contributed by atoms with Crippen molar-refractivity contribution in [3.63, 3.8) is 0 Å². The molecular weight excluding hydrogens is 377 g/mol. The first-order chi connectivity index (χ1) is 14.6. The Kier molecular flexibility index (Phi) is 6.28. The maximum atomic E-state index is 14.1. The molecule has 4 rings (SSSR count). The molecule has 30 heavy (non-hydrogen) atoms. The number of pyridine rings is 1. The van der Waals surface area contributed by atoms with Crippen molar-refractivity contribution in [3.05, 3.63) is 57.6 Å². The molecule has 0 amide bonds. The first kappa shape index (κ1) is 20.7. The number of aliphatic imine (C=N–C) groups is 1. The summed E-state index contributed by atoms with van der Waals surface area (Å²) in [5, 5.41) is 5.44. The third-order valence-electron chi connectivity index (χ3n) is 6.15. The molecular formula is C25H30FN3O. The SMILES string of the molecule is C=N/C=c1/cc(C2=C(C)CCC(F)=C2)nc(C2CCOC2)/c1=C/CNC(=C)C1CC1. The highest BCUT2D eigenvalue weighted by molar-refractivity contribution is 5.76. The van der Waals surface area contributed by atoms with Crippen molar-refractivity contribution in [3.8, 4) is 0 Å². The third-order valence-corrected chi connectivity index (χ3v) is 6.15. The summed E-state index contributed by atoms with van der Waals surface area (Å²) in [4.78, 5) is 9.08. The number of ether oxygens (including phenoxy) is 1. The lowest BCUT2D eigenvalue weighted by molar-refractivity contribution is 0.193. The Morgan fingerprint density at radius 3 is 2.90 bits per heavy atom. The van der Waals surface area contributed by atoms with Crippen LogP contribution in [0.3, 0.4) is 0 Å². The van der Waals surface area contributed by atoms with Gasteiger partial charge in [0.15, 0.2) is 0 Å². The van der Waals surface area contributed by atoms with Crippen LogP contribution in [-0.4, -0.2) is 31.5 Å². The molecule has 1 saturated heterocycles.